The van der Waals surface area contributed by atoms with Crippen LogP contribution in [-0.2, 0) is 11.3 Å². The second-order valence-corrected chi connectivity index (χ2v) is 6.54. The molecule has 2 aromatic rings. The van der Waals surface area contributed by atoms with E-state index in [0.717, 1.165) is 24.9 Å². The van der Waals surface area contributed by atoms with Crippen molar-refractivity contribution in [1.29, 1.82) is 0 Å². The van der Waals surface area contributed by atoms with Gasteiger partial charge in [-0.3, -0.25) is 14.3 Å². The van der Waals surface area contributed by atoms with Crippen molar-refractivity contribution in [2.75, 3.05) is 6.54 Å². The summed E-state index contributed by atoms with van der Waals surface area (Å²) in [7, 11) is 0. The fraction of sp³-hybridized carbons (Fsp3) is 0.500. The van der Waals surface area contributed by atoms with Gasteiger partial charge < -0.3 is 4.90 Å². The highest BCUT2D eigenvalue weighted by molar-refractivity contribution is 5.79. The average Bonchev–Trinajstić information content (AvgIpc) is 3.04. The molecule has 1 aliphatic heterocycles. The zero-order chi connectivity index (χ0) is 16.4. The van der Waals surface area contributed by atoms with Crippen molar-refractivity contribution in [3.05, 3.63) is 40.7 Å². The van der Waals surface area contributed by atoms with E-state index in [0.29, 0.717) is 30.3 Å². The predicted octanol–water partition coefficient (Wildman–Crippen LogP) is 2.43. The number of hydrogen-bond acceptors (Lipinski definition) is 3. The Labute approximate surface area is 135 Å². The summed E-state index contributed by atoms with van der Waals surface area (Å²) < 4.78 is 1.76. The molecule has 1 saturated heterocycles. The van der Waals surface area contributed by atoms with Crippen LogP contribution >= 0.6 is 0 Å². The lowest BCUT2D eigenvalue weighted by Crippen LogP contribution is -2.38. The third-order valence-electron chi connectivity index (χ3n) is 4.69. The molecule has 1 aromatic heterocycles. The van der Waals surface area contributed by atoms with Crippen molar-refractivity contribution in [3.8, 4) is 0 Å². The standard InChI is InChI=1S/C18H23N3O2/c1-13(2)15-8-5-10-20(15)18(23)9-11-21-16-7-4-3-6-14(16)17(22)12-19-21/h3-4,6-7,12-13,15H,5,8-11H2,1-2H3/t15-/m0/s1. The highest BCUT2D eigenvalue weighted by atomic mass is 16.2. The summed E-state index contributed by atoms with van der Waals surface area (Å²) >= 11 is 0. The maximum Gasteiger partial charge on any atom is 0.224 e. The maximum atomic E-state index is 12.6. The molecule has 0 saturated carbocycles. The first kappa shape index (κ1) is 15.7. The number of amides is 1. The van der Waals surface area contributed by atoms with Crippen molar-refractivity contribution < 1.29 is 4.79 Å². The Morgan fingerprint density at radius 3 is 2.91 bits per heavy atom. The van der Waals surface area contributed by atoms with E-state index in [-0.39, 0.29) is 11.3 Å². The number of likely N-dealkylation sites (tertiary alicyclic amines) is 1. The number of fused-ring (bicyclic) bond motifs is 1. The second kappa shape index (κ2) is 6.52. The van der Waals surface area contributed by atoms with Crippen molar-refractivity contribution in [3.63, 3.8) is 0 Å². The molecular weight excluding hydrogens is 290 g/mol. The van der Waals surface area contributed by atoms with E-state index in [1.165, 1.54) is 6.20 Å². The second-order valence-electron chi connectivity index (χ2n) is 6.54. The summed E-state index contributed by atoms with van der Waals surface area (Å²) in [6, 6.07) is 7.77. The Hall–Kier alpha value is -2.17. The third kappa shape index (κ3) is 3.14. The summed E-state index contributed by atoms with van der Waals surface area (Å²) in [5, 5.41) is 4.84. The number of aromatic nitrogens is 2. The topological polar surface area (TPSA) is 55.2 Å². The number of hydrogen-bond donors (Lipinski definition) is 0. The number of rotatable bonds is 4. The molecule has 122 valence electrons. The van der Waals surface area contributed by atoms with Gasteiger partial charge in [-0.25, -0.2) is 0 Å². The molecule has 1 atom stereocenters. The molecule has 0 N–H and O–H groups in total. The van der Waals surface area contributed by atoms with Crippen LogP contribution in [0.25, 0.3) is 10.9 Å². The number of carbonyl (C=O) groups is 1. The van der Waals surface area contributed by atoms with Crippen LogP contribution in [-0.4, -0.2) is 33.2 Å². The van der Waals surface area contributed by atoms with Crippen LogP contribution in [0.4, 0.5) is 0 Å². The highest BCUT2D eigenvalue weighted by Crippen LogP contribution is 2.24. The summed E-state index contributed by atoms with van der Waals surface area (Å²) in [5.74, 6) is 0.679. The third-order valence-corrected chi connectivity index (χ3v) is 4.69. The normalized spacial score (nSPS) is 18.0. The molecule has 0 radical (unpaired) electrons. The lowest BCUT2D eigenvalue weighted by Gasteiger charge is -2.27. The van der Waals surface area contributed by atoms with Crippen LogP contribution in [0.1, 0.15) is 33.1 Å². The highest BCUT2D eigenvalue weighted by Gasteiger charge is 2.30. The lowest BCUT2D eigenvalue weighted by molar-refractivity contribution is -0.133. The molecule has 0 spiro atoms. The monoisotopic (exact) mass is 313 g/mol. The molecular formula is C18H23N3O2. The molecule has 0 bridgehead atoms. The summed E-state index contributed by atoms with van der Waals surface area (Å²) in [4.78, 5) is 26.4. The van der Waals surface area contributed by atoms with Crippen LogP contribution < -0.4 is 5.43 Å². The lowest BCUT2D eigenvalue weighted by atomic mass is 10.0. The fourth-order valence-corrected chi connectivity index (χ4v) is 3.48. The number of aryl methyl sites for hydroxylation is 1. The number of carbonyl (C=O) groups excluding carboxylic acids is 1. The number of nitrogens with zero attached hydrogens (tertiary/aromatic N) is 3. The van der Waals surface area contributed by atoms with Gasteiger partial charge in [0.05, 0.1) is 18.3 Å². The molecule has 5 heteroatoms. The van der Waals surface area contributed by atoms with Gasteiger partial charge in [0.2, 0.25) is 11.3 Å². The van der Waals surface area contributed by atoms with Gasteiger partial charge in [0.1, 0.15) is 0 Å². The molecule has 1 fully saturated rings. The summed E-state index contributed by atoms with van der Waals surface area (Å²) in [6.45, 7) is 5.71. The van der Waals surface area contributed by atoms with E-state index in [2.05, 4.69) is 18.9 Å². The predicted molar refractivity (Wildman–Crippen MR) is 90.2 cm³/mol. The van der Waals surface area contributed by atoms with Gasteiger partial charge in [-0.15, -0.1) is 0 Å². The Bertz CT molecular complexity index is 766. The first-order valence-electron chi connectivity index (χ1n) is 8.32. The van der Waals surface area contributed by atoms with Crippen LogP contribution in [0.2, 0.25) is 0 Å². The quantitative estimate of drug-likeness (QED) is 0.871. The zero-order valence-corrected chi connectivity index (χ0v) is 13.7. The van der Waals surface area contributed by atoms with Gasteiger partial charge in [0, 0.05) is 24.4 Å². The Morgan fingerprint density at radius 1 is 1.35 bits per heavy atom. The van der Waals surface area contributed by atoms with Gasteiger partial charge in [0.15, 0.2) is 0 Å². The SMILES string of the molecule is CC(C)[C@@H]1CCCN1C(=O)CCn1ncc(=O)c2ccccc21. The molecule has 23 heavy (non-hydrogen) atoms. The Balaban J connectivity index is 1.75. The fourth-order valence-electron chi connectivity index (χ4n) is 3.48. The Morgan fingerprint density at radius 2 is 2.13 bits per heavy atom. The average molecular weight is 313 g/mol. The molecule has 2 heterocycles. The van der Waals surface area contributed by atoms with E-state index >= 15 is 0 Å². The molecule has 0 aliphatic carbocycles. The number of para-hydroxylation sites is 1. The summed E-state index contributed by atoms with van der Waals surface area (Å²) in [5.41, 5.74) is 0.706. The van der Waals surface area contributed by atoms with Gasteiger partial charge in [-0.2, -0.15) is 5.10 Å². The van der Waals surface area contributed by atoms with E-state index in [9.17, 15) is 9.59 Å². The molecule has 1 aromatic carbocycles. The van der Waals surface area contributed by atoms with Crippen LogP contribution in [0, 0.1) is 5.92 Å². The van der Waals surface area contributed by atoms with Gasteiger partial charge >= 0.3 is 0 Å². The molecule has 1 amide bonds. The van der Waals surface area contributed by atoms with E-state index in [1.54, 1.807) is 10.7 Å². The minimum atomic E-state index is -0.0809. The maximum absolute atomic E-state index is 12.6. The van der Waals surface area contributed by atoms with E-state index < -0.39 is 0 Å². The Kier molecular flexibility index (Phi) is 4.46. The van der Waals surface area contributed by atoms with Crippen molar-refractivity contribution in [1.82, 2.24) is 14.7 Å². The van der Waals surface area contributed by atoms with Crippen molar-refractivity contribution in [2.24, 2.45) is 5.92 Å². The largest absolute Gasteiger partial charge is 0.339 e. The summed E-state index contributed by atoms with van der Waals surface area (Å²) in [6.07, 6.45) is 3.94. The van der Waals surface area contributed by atoms with Crippen LogP contribution in [0.5, 0.6) is 0 Å². The minimum Gasteiger partial charge on any atom is -0.339 e. The zero-order valence-electron chi connectivity index (χ0n) is 13.7. The number of benzene rings is 1. The minimum absolute atomic E-state index is 0.0809. The van der Waals surface area contributed by atoms with Gasteiger partial charge in [0.25, 0.3) is 0 Å². The molecule has 3 rings (SSSR count). The first-order chi connectivity index (χ1) is 11.1. The molecule has 0 unspecified atom stereocenters. The van der Waals surface area contributed by atoms with Crippen LogP contribution in [0.3, 0.4) is 0 Å². The molecule has 1 aliphatic rings. The van der Waals surface area contributed by atoms with Crippen molar-refractivity contribution >= 4 is 16.8 Å². The van der Waals surface area contributed by atoms with Gasteiger partial charge in [-0.05, 0) is 30.9 Å². The van der Waals surface area contributed by atoms with E-state index in [4.69, 9.17) is 0 Å². The van der Waals surface area contributed by atoms with Crippen LogP contribution in [0.15, 0.2) is 35.3 Å². The molecule has 5 nitrogen and oxygen atoms in total. The van der Waals surface area contributed by atoms with Crippen molar-refractivity contribution in [2.45, 2.75) is 45.7 Å². The first-order valence-corrected chi connectivity index (χ1v) is 8.32. The van der Waals surface area contributed by atoms with E-state index in [1.807, 2.05) is 23.1 Å². The smallest absolute Gasteiger partial charge is 0.224 e. The van der Waals surface area contributed by atoms with Gasteiger partial charge in [-0.1, -0.05) is 26.0 Å².